The Balaban J connectivity index is 1.10. The van der Waals surface area contributed by atoms with E-state index in [0.717, 1.165) is 21.8 Å². The number of carbonyl (C=O) groups is 6. The summed E-state index contributed by atoms with van der Waals surface area (Å²) in [5, 5.41) is 17.5. The fourth-order valence-corrected chi connectivity index (χ4v) is 7.17. The van der Waals surface area contributed by atoms with E-state index < -0.39 is 41.2 Å². The third-order valence-corrected chi connectivity index (χ3v) is 11.4. The number of aliphatic hydroxyl groups is 1. The molecule has 16 nitrogen and oxygen atoms in total. The van der Waals surface area contributed by atoms with Gasteiger partial charge < -0.3 is 44.3 Å². The van der Waals surface area contributed by atoms with E-state index in [2.05, 4.69) is 26.4 Å². The Hall–Kier alpha value is -5.25. The van der Waals surface area contributed by atoms with E-state index in [4.69, 9.17) is 18.9 Å². The van der Waals surface area contributed by atoms with E-state index in [1.807, 2.05) is 34.6 Å². The smallest absolute Gasteiger partial charge is 0.416 e. The number of aliphatic hydroxyl groups excluding tert-OH is 1. The minimum atomic E-state index is -1.43. The zero-order valence-corrected chi connectivity index (χ0v) is 37.5. The molecule has 3 heterocycles. The molecule has 1 fully saturated rings. The monoisotopic (exact) mass is 874 g/mol. The van der Waals surface area contributed by atoms with Crippen LogP contribution < -0.4 is 24.9 Å². The second-order valence-corrected chi connectivity index (χ2v) is 18.2. The summed E-state index contributed by atoms with van der Waals surface area (Å²) in [6.45, 7) is 14.6. The van der Waals surface area contributed by atoms with Crippen LogP contribution in [-0.2, 0) is 35.3 Å². The summed E-state index contributed by atoms with van der Waals surface area (Å²) in [6, 6.07) is 9.31. The maximum atomic E-state index is 13.9. The first kappa shape index (κ1) is 47.8. The SMILES string of the molecule is C=C1C[C@H]2[C@H](O)N(C(=O)OCc3ccc(N[B]C(=O)C(C)(C)CCOC(C)(C)CCNC(=O)CCN4C(=O)C=CC4=O)cc3)c3cc(OCCC(C)P)c(OC)cc3C(=O)N2C1. The van der Waals surface area contributed by atoms with Gasteiger partial charge in [-0.25, -0.2) is 9.69 Å². The molecule has 62 heavy (non-hydrogen) atoms. The summed E-state index contributed by atoms with van der Waals surface area (Å²) in [4.78, 5) is 80.2. The Morgan fingerprint density at radius 1 is 1.02 bits per heavy atom. The van der Waals surface area contributed by atoms with Gasteiger partial charge in [-0.1, -0.05) is 45.1 Å². The maximum absolute atomic E-state index is 13.9. The van der Waals surface area contributed by atoms with Crippen molar-refractivity contribution in [3.8, 4) is 11.5 Å². The number of nitrogens with one attached hydrogen (secondary N) is 2. The number of nitrogens with zero attached hydrogens (tertiary/aromatic N) is 3. The molecule has 3 N–H and O–H groups in total. The molecule has 5 rings (SSSR count). The van der Waals surface area contributed by atoms with Crippen molar-refractivity contribution in [1.82, 2.24) is 15.1 Å². The normalized spacial score (nSPS) is 18.0. The second kappa shape index (κ2) is 20.7. The lowest BCUT2D eigenvalue weighted by molar-refractivity contribution is -0.137. The molecule has 18 heteroatoms. The number of amides is 5. The molecule has 4 atom stereocenters. The molecule has 1 radical (unpaired) electrons. The van der Waals surface area contributed by atoms with Crippen molar-refractivity contribution in [3.63, 3.8) is 0 Å². The summed E-state index contributed by atoms with van der Waals surface area (Å²) in [6.07, 6.45) is 2.08. The van der Waals surface area contributed by atoms with Crippen molar-refractivity contribution in [2.75, 3.05) is 50.1 Å². The predicted molar refractivity (Wildman–Crippen MR) is 237 cm³/mol. The number of ether oxygens (including phenoxy) is 4. The molecule has 2 unspecified atom stereocenters. The molecule has 333 valence electrons. The van der Waals surface area contributed by atoms with E-state index in [1.165, 1.54) is 43.7 Å². The Bertz CT molecular complexity index is 2040. The van der Waals surface area contributed by atoms with E-state index >= 15 is 0 Å². The van der Waals surface area contributed by atoms with Gasteiger partial charge in [-0.05, 0) is 69.0 Å². The van der Waals surface area contributed by atoms with Crippen molar-refractivity contribution in [1.29, 1.82) is 0 Å². The zero-order chi connectivity index (χ0) is 45.4. The Labute approximate surface area is 366 Å². The van der Waals surface area contributed by atoms with Crippen LogP contribution in [0, 0.1) is 5.41 Å². The largest absolute Gasteiger partial charge is 0.493 e. The summed E-state index contributed by atoms with van der Waals surface area (Å²) in [5.74, 6) is -0.858. The number of methoxy groups -OCH3 is 1. The van der Waals surface area contributed by atoms with Crippen LogP contribution in [0.5, 0.6) is 11.5 Å². The number of anilines is 2. The van der Waals surface area contributed by atoms with Crippen LogP contribution >= 0.6 is 9.24 Å². The number of hydrogen-bond acceptors (Lipinski definition) is 12. The standard InChI is InChI=1S/C44H58BN5O11P/c1-27-22-33-40(55)50(32-24-35(59-20-15-28(2)62)34(58-7)23-31(32)39(54)49(33)25-27)42(57)60-26-29-8-10-30(11-9-29)47-45-41(56)43(3,4)17-21-61-44(5,6)16-18-46-36(51)14-19-48-37(52)12-13-38(48)53/h8-13,23-24,28,33,40,47,55H,1,14-22,25-26,62H2,2-7H3,(H,46,51)/t28?,33-,40-/m0/s1. The molecule has 5 amide bonds. The first-order chi connectivity index (χ1) is 29.3. The Kier molecular flexibility index (Phi) is 16.0. The fraction of sp³-hybridized carbons (Fsp3) is 0.500. The number of benzene rings is 2. The van der Waals surface area contributed by atoms with Crippen molar-refractivity contribution in [2.45, 2.75) is 96.9 Å². The molecule has 0 aromatic heterocycles. The van der Waals surface area contributed by atoms with Gasteiger partial charge in [0, 0.05) is 62.0 Å². The molecule has 2 aromatic carbocycles. The van der Waals surface area contributed by atoms with Crippen LogP contribution in [0.4, 0.5) is 16.2 Å². The van der Waals surface area contributed by atoms with E-state index in [1.54, 1.807) is 24.3 Å². The highest BCUT2D eigenvalue weighted by Gasteiger charge is 2.46. The third kappa shape index (κ3) is 12.2. The van der Waals surface area contributed by atoms with Gasteiger partial charge in [-0.2, -0.15) is 0 Å². The van der Waals surface area contributed by atoms with E-state index in [-0.39, 0.29) is 54.9 Å². The Morgan fingerprint density at radius 3 is 2.37 bits per heavy atom. The van der Waals surface area contributed by atoms with Gasteiger partial charge in [-0.3, -0.25) is 24.1 Å². The van der Waals surface area contributed by atoms with Crippen LogP contribution in [0.25, 0.3) is 0 Å². The molecular formula is C44H58BN5O11P. The van der Waals surface area contributed by atoms with Crippen molar-refractivity contribution < 1.29 is 52.8 Å². The topological polar surface area (TPSA) is 193 Å². The molecule has 0 aliphatic carbocycles. The molecule has 2 aromatic rings. The molecule has 0 spiro atoms. The quantitative estimate of drug-likeness (QED) is 0.0687. The Morgan fingerprint density at radius 2 is 1.71 bits per heavy atom. The van der Waals surface area contributed by atoms with Gasteiger partial charge in [0.05, 0.1) is 36.6 Å². The summed E-state index contributed by atoms with van der Waals surface area (Å²) < 4.78 is 23.4. The van der Waals surface area contributed by atoms with Gasteiger partial charge >= 0.3 is 13.5 Å². The molecule has 3 aliphatic heterocycles. The number of carbonyl (C=O) groups excluding carboxylic acids is 6. The first-order valence-corrected chi connectivity index (χ1v) is 21.4. The highest BCUT2D eigenvalue weighted by Crippen LogP contribution is 2.42. The lowest BCUT2D eigenvalue weighted by atomic mass is 9.69. The van der Waals surface area contributed by atoms with Crippen LogP contribution in [0.15, 0.2) is 60.7 Å². The lowest BCUT2D eigenvalue weighted by Crippen LogP contribution is -2.50. The summed E-state index contributed by atoms with van der Waals surface area (Å²) in [7, 11) is 5.59. The minimum absolute atomic E-state index is 0.00984. The first-order valence-electron chi connectivity index (χ1n) is 20.7. The van der Waals surface area contributed by atoms with Gasteiger partial charge in [0.1, 0.15) is 12.3 Å². The number of imide groups is 1. The van der Waals surface area contributed by atoms with E-state index in [9.17, 15) is 33.9 Å². The van der Waals surface area contributed by atoms with Crippen LogP contribution in [0.2, 0.25) is 0 Å². The predicted octanol–water partition coefficient (Wildman–Crippen LogP) is 4.56. The number of hydrogen-bond donors (Lipinski definition) is 3. The van der Waals surface area contributed by atoms with Crippen LogP contribution in [0.1, 0.15) is 82.6 Å². The molecule has 1 saturated heterocycles. The van der Waals surface area contributed by atoms with Crippen molar-refractivity contribution in [2.24, 2.45) is 5.41 Å². The second-order valence-electron chi connectivity index (χ2n) is 17.0. The molecule has 0 saturated carbocycles. The molecule has 0 bridgehead atoms. The summed E-state index contributed by atoms with van der Waals surface area (Å²) in [5.41, 5.74) is 1.15. The van der Waals surface area contributed by atoms with Gasteiger partial charge in [0.2, 0.25) is 5.91 Å². The fourth-order valence-electron chi connectivity index (χ4n) is 7.03. The molecule has 3 aliphatic rings. The average Bonchev–Trinajstić information content (AvgIpc) is 3.75. The van der Waals surface area contributed by atoms with Gasteiger partial charge in [0.25, 0.3) is 17.7 Å². The van der Waals surface area contributed by atoms with E-state index in [0.29, 0.717) is 67.4 Å². The van der Waals surface area contributed by atoms with Gasteiger partial charge in [0.15, 0.2) is 17.7 Å². The minimum Gasteiger partial charge on any atom is -0.493 e. The number of rotatable bonds is 21. The maximum Gasteiger partial charge on any atom is 0.416 e. The molecular weight excluding hydrogens is 816 g/mol. The zero-order valence-electron chi connectivity index (χ0n) is 36.4. The van der Waals surface area contributed by atoms with Gasteiger partial charge in [-0.15, -0.1) is 9.24 Å². The highest BCUT2D eigenvalue weighted by atomic mass is 31.0. The lowest BCUT2D eigenvalue weighted by Gasteiger charge is -2.31. The average molecular weight is 875 g/mol. The summed E-state index contributed by atoms with van der Waals surface area (Å²) >= 11 is 0. The number of fused-ring (bicyclic) bond motifs is 2. The van der Waals surface area contributed by atoms with Crippen LogP contribution in [-0.4, -0.2) is 121 Å². The van der Waals surface area contributed by atoms with Crippen molar-refractivity contribution >= 4 is 63.4 Å². The van der Waals surface area contributed by atoms with Crippen molar-refractivity contribution in [3.05, 3.63) is 71.8 Å². The highest BCUT2D eigenvalue weighted by molar-refractivity contribution is 7.17. The third-order valence-electron chi connectivity index (χ3n) is 11.0. The van der Waals surface area contributed by atoms with Crippen LogP contribution in [0.3, 0.4) is 0 Å².